The van der Waals surface area contributed by atoms with Gasteiger partial charge >= 0.3 is 0 Å². The quantitative estimate of drug-likeness (QED) is 0.527. The van der Waals surface area contributed by atoms with Crippen molar-refractivity contribution in [2.75, 3.05) is 17.2 Å². The van der Waals surface area contributed by atoms with Crippen molar-refractivity contribution in [1.29, 1.82) is 0 Å². The van der Waals surface area contributed by atoms with Gasteiger partial charge < -0.3 is 10.1 Å². The Morgan fingerprint density at radius 3 is 2.45 bits per heavy atom. The highest BCUT2D eigenvalue weighted by Crippen LogP contribution is 2.26. The van der Waals surface area contributed by atoms with E-state index in [0.717, 1.165) is 9.90 Å². The van der Waals surface area contributed by atoms with Crippen molar-refractivity contribution in [2.24, 2.45) is 0 Å². The van der Waals surface area contributed by atoms with Gasteiger partial charge in [0.05, 0.1) is 5.25 Å². The Morgan fingerprint density at radius 2 is 1.79 bits per heavy atom. The number of nitrogens with zero attached hydrogens (tertiary/aromatic N) is 2. The lowest BCUT2D eigenvalue weighted by molar-refractivity contribution is -0.118. The van der Waals surface area contributed by atoms with E-state index >= 15 is 0 Å². The van der Waals surface area contributed by atoms with E-state index in [4.69, 9.17) is 4.74 Å². The second-order valence-electron chi connectivity index (χ2n) is 6.05. The number of carbonyl (C=O) groups excluding carboxylic acids is 2. The molecule has 0 aliphatic carbocycles. The van der Waals surface area contributed by atoms with Crippen LogP contribution >= 0.6 is 23.1 Å². The molecule has 1 heterocycles. The van der Waals surface area contributed by atoms with E-state index in [1.165, 1.54) is 23.1 Å². The topological polar surface area (TPSA) is 93.2 Å². The van der Waals surface area contributed by atoms with E-state index < -0.39 is 0 Å². The zero-order chi connectivity index (χ0) is 20.6. The van der Waals surface area contributed by atoms with Gasteiger partial charge in [0, 0.05) is 10.6 Å². The maximum atomic E-state index is 12.3. The first kappa shape index (κ1) is 20.8. The average molecular weight is 429 g/mol. The highest BCUT2D eigenvalue weighted by atomic mass is 32.2. The number of ether oxygens (including phenoxy) is 1. The fraction of sp³-hybridized carbons (Fsp3) is 0.200. The molecular weight excluding hydrogens is 408 g/mol. The standard InChI is InChI=1S/C20H20N4O3S2/c1-13(19(26)22-20-24-23-14(2)29-20)28-17-10-8-15(9-11-17)21-18(25)12-27-16-6-4-3-5-7-16/h3-11,13H,12H2,1-2H3,(H,21,25)(H,22,24,26). The Kier molecular flexibility index (Phi) is 7.20. The first-order valence-corrected chi connectivity index (χ1v) is 10.5. The van der Waals surface area contributed by atoms with Crippen molar-refractivity contribution in [2.45, 2.75) is 24.0 Å². The van der Waals surface area contributed by atoms with Crippen LogP contribution < -0.4 is 15.4 Å². The molecule has 0 bridgehead atoms. The summed E-state index contributed by atoms with van der Waals surface area (Å²) in [6, 6.07) is 16.5. The number of rotatable bonds is 8. The molecule has 2 aromatic carbocycles. The molecule has 3 aromatic rings. The Hall–Kier alpha value is -2.91. The van der Waals surface area contributed by atoms with Crippen molar-refractivity contribution >= 4 is 45.7 Å². The van der Waals surface area contributed by atoms with Crippen molar-refractivity contribution in [3.8, 4) is 5.75 Å². The highest BCUT2D eigenvalue weighted by Gasteiger charge is 2.16. The SMILES string of the molecule is Cc1nnc(NC(=O)C(C)Sc2ccc(NC(=O)COc3ccccc3)cc2)s1. The van der Waals surface area contributed by atoms with Gasteiger partial charge in [0.2, 0.25) is 11.0 Å². The number of hydrogen-bond donors (Lipinski definition) is 2. The van der Waals surface area contributed by atoms with Crippen LogP contribution in [0.4, 0.5) is 10.8 Å². The van der Waals surface area contributed by atoms with E-state index in [2.05, 4.69) is 20.8 Å². The Balaban J connectivity index is 1.46. The number of benzene rings is 2. The normalized spacial score (nSPS) is 11.5. The lowest BCUT2D eigenvalue weighted by Gasteiger charge is -2.11. The number of nitrogens with one attached hydrogen (secondary N) is 2. The predicted molar refractivity (Wildman–Crippen MR) is 116 cm³/mol. The lowest BCUT2D eigenvalue weighted by Crippen LogP contribution is -2.22. The van der Waals surface area contributed by atoms with Crippen LogP contribution in [0.5, 0.6) is 5.75 Å². The number of para-hydroxylation sites is 1. The summed E-state index contributed by atoms with van der Waals surface area (Å²) in [5.74, 6) is 0.265. The molecule has 2 N–H and O–H groups in total. The van der Waals surface area contributed by atoms with Gasteiger partial charge in [0.15, 0.2) is 6.61 Å². The molecule has 0 spiro atoms. The minimum absolute atomic E-state index is 0.0667. The molecule has 0 saturated carbocycles. The van der Waals surface area contributed by atoms with Gasteiger partial charge in [0.1, 0.15) is 10.8 Å². The van der Waals surface area contributed by atoms with Crippen molar-refractivity contribution in [1.82, 2.24) is 10.2 Å². The summed E-state index contributed by atoms with van der Waals surface area (Å²) in [6.45, 7) is 3.59. The summed E-state index contributed by atoms with van der Waals surface area (Å²) in [4.78, 5) is 25.2. The van der Waals surface area contributed by atoms with Gasteiger partial charge in [-0.25, -0.2) is 0 Å². The Labute approximate surface area is 176 Å². The van der Waals surface area contributed by atoms with Crippen molar-refractivity contribution in [3.05, 3.63) is 59.6 Å². The summed E-state index contributed by atoms with van der Waals surface area (Å²) < 4.78 is 5.42. The van der Waals surface area contributed by atoms with Gasteiger partial charge in [-0.05, 0) is 50.2 Å². The Morgan fingerprint density at radius 1 is 1.07 bits per heavy atom. The number of aromatic nitrogens is 2. The molecule has 0 aliphatic heterocycles. The van der Waals surface area contributed by atoms with Crippen LogP contribution in [0.15, 0.2) is 59.5 Å². The third kappa shape index (κ3) is 6.58. The van der Waals surface area contributed by atoms with Gasteiger partial charge in [0.25, 0.3) is 5.91 Å². The molecule has 3 rings (SSSR count). The average Bonchev–Trinajstić information content (AvgIpc) is 3.13. The lowest BCUT2D eigenvalue weighted by atomic mass is 10.3. The fourth-order valence-corrected chi connectivity index (χ4v) is 3.75. The molecule has 1 unspecified atom stereocenters. The van der Waals surface area contributed by atoms with Crippen LogP contribution in [-0.4, -0.2) is 33.9 Å². The van der Waals surface area contributed by atoms with Crippen LogP contribution in [0.3, 0.4) is 0 Å². The maximum absolute atomic E-state index is 12.3. The zero-order valence-corrected chi connectivity index (χ0v) is 17.5. The largest absolute Gasteiger partial charge is 0.484 e. The first-order valence-electron chi connectivity index (χ1n) is 8.85. The van der Waals surface area contributed by atoms with Gasteiger partial charge in [-0.2, -0.15) is 0 Å². The molecule has 2 amide bonds. The Bertz CT molecular complexity index is 961. The van der Waals surface area contributed by atoms with Gasteiger partial charge in [-0.1, -0.05) is 29.5 Å². The molecule has 0 radical (unpaired) electrons. The number of hydrogen-bond acceptors (Lipinski definition) is 7. The van der Waals surface area contributed by atoms with E-state index in [9.17, 15) is 9.59 Å². The van der Waals surface area contributed by atoms with Crippen LogP contribution in [0.25, 0.3) is 0 Å². The molecule has 29 heavy (non-hydrogen) atoms. The summed E-state index contributed by atoms with van der Waals surface area (Å²) in [7, 11) is 0. The number of amides is 2. The third-order valence-corrected chi connectivity index (χ3v) is 5.56. The molecule has 0 fully saturated rings. The second kappa shape index (κ2) is 10.0. The van der Waals surface area contributed by atoms with Crippen molar-refractivity contribution < 1.29 is 14.3 Å². The molecule has 150 valence electrons. The van der Waals surface area contributed by atoms with Crippen LogP contribution in [0, 0.1) is 6.92 Å². The number of carbonyl (C=O) groups is 2. The second-order valence-corrected chi connectivity index (χ2v) is 8.65. The number of anilines is 2. The van der Waals surface area contributed by atoms with Crippen molar-refractivity contribution in [3.63, 3.8) is 0 Å². The molecule has 1 aromatic heterocycles. The minimum atomic E-state index is -0.307. The zero-order valence-electron chi connectivity index (χ0n) is 15.9. The molecule has 0 saturated heterocycles. The monoisotopic (exact) mass is 428 g/mol. The number of aryl methyl sites for hydroxylation is 1. The van der Waals surface area contributed by atoms with Crippen LogP contribution in [0.2, 0.25) is 0 Å². The summed E-state index contributed by atoms with van der Waals surface area (Å²) >= 11 is 2.76. The van der Waals surface area contributed by atoms with Gasteiger partial charge in [-0.3, -0.25) is 14.9 Å². The summed E-state index contributed by atoms with van der Waals surface area (Å²) in [6.07, 6.45) is 0. The van der Waals surface area contributed by atoms with E-state index in [1.54, 1.807) is 24.3 Å². The summed E-state index contributed by atoms with van der Waals surface area (Å²) in [5, 5.41) is 14.3. The predicted octanol–water partition coefficient (Wildman–Crippen LogP) is 3.98. The summed E-state index contributed by atoms with van der Waals surface area (Å²) in [5.41, 5.74) is 0.664. The fourth-order valence-electron chi connectivity index (χ4n) is 2.29. The van der Waals surface area contributed by atoms with E-state index in [1.807, 2.05) is 44.2 Å². The molecule has 0 aliphatic rings. The van der Waals surface area contributed by atoms with Crippen LogP contribution in [-0.2, 0) is 9.59 Å². The maximum Gasteiger partial charge on any atom is 0.262 e. The molecule has 1 atom stereocenters. The smallest absolute Gasteiger partial charge is 0.262 e. The van der Waals surface area contributed by atoms with E-state index in [0.29, 0.717) is 16.6 Å². The molecule has 7 nitrogen and oxygen atoms in total. The molecule has 9 heteroatoms. The molecular formula is C20H20N4O3S2. The highest BCUT2D eigenvalue weighted by molar-refractivity contribution is 8.00. The van der Waals surface area contributed by atoms with Gasteiger partial charge in [-0.15, -0.1) is 22.0 Å². The van der Waals surface area contributed by atoms with Crippen LogP contribution in [0.1, 0.15) is 11.9 Å². The van der Waals surface area contributed by atoms with E-state index in [-0.39, 0.29) is 23.7 Å². The third-order valence-electron chi connectivity index (χ3n) is 3.69. The minimum Gasteiger partial charge on any atom is -0.484 e. The first-order chi connectivity index (χ1) is 14.0. The number of thioether (sulfide) groups is 1.